The summed E-state index contributed by atoms with van der Waals surface area (Å²) < 4.78 is 0. The molecule has 0 saturated carbocycles. The lowest BCUT2D eigenvalue weighted by Crippen LogP contribution is -2.42. The molecule has 0 spiro atoms. The Morgan fingerprint density at radius 3 is 2.64 bits per heavy atom. The predicted molar refractivity (Wildman–Crippen MR) is 56.3 cm³/mol. The number of amides is 1. The summed E-state index contributed by atoms with van der Waals surface area (Å²) in [6.07, 6.45) is 2.49. The van der Waals surface area contributed by atoms with Gasteiger partial charge in [-0.1, -0.05) is 13.8 Å². The van der Waals surface area contributed by atoms with E-state index in [2.05, 4.69) is 17.2 Å². The van der Waals surface area contributed by atoms with Gasteiger partial charge in [0.15, 0.2) is 0 Å². The van der Waals surface area contributed by atoms with Crippen molar-refractivity contribution in [2.24, 2.45) is 17.7 Å². The van der Waals surface area contributed by atoms with E-state index in [-0.39, 0.29) is 11.8 Å². The smallest absolute Gasteiger partial charge is 0.237 e. The highest BCUT2D eigenvalue weighted by molar-refractivity contribution is 5.77. The van der Waals surface area contributed by atoms with Crippen molar-refractivity contribution in [1.82, 2.24) is 10.3 Å². The van der Waals surface area contributed by atoms with Crippen molar-refractivity contribution in [3.05, 3.63) is 0 Å². The van der Waals surface area contributed by atoms with E-state index in [1.54, 1.807) is 0 Å². The Bertz CT molecular complexity index is 188. The number of hydrazine groups is 1. The van der Waals surface area contributed by atoms with Crippen LogP contribution in [0.25, 0.3) is 0 Å². The number of carbonyl (C=O) groups is 1. The molecule has 0 aliphatic carbocycles. The summed E-state index contributed by atoms with van der Waals surface area (Å²) in [5.74, 6) is 5.85. The van der Waals surface area contributed by atoms with Crippen LogP contribution in [-0.4, -0.2) is 30.4 Å². The molecule has 1 fully saturated rings. The van der Waals surface area contributed by atoms with Gasteiger partial charge >= 0.3 is 0 Å². The molecule has 0 aromatic heterocycles. The maximum absolute atomic E-state index is 11.2. The van der Waals surface area contributed by atoms with Crippen LogP contribution in [0.3, 0.4) is 0 Å². The van der Waals surface area contributed by atoms with Gasteiger partial charge in [0.1, 0.15) is 0 Å². The number of rotatable bonds is 3. The molecule has 1 heterocycles. The van der Waals surface area contributed by atoms with Crippen molar-refractivity contribution < 1.29 is 4.79 Å². The fraction of sp³-hybridized carbons (Fsp3) is 0.900. The van der Waals surface area contributed by atoms with Crippen molar-refractivity contribution in [3.63, 3.8) is 0 Å². The average molecular weight is 199 g/mol. The van der Waals surface area contributed by atoms with Crippen molar-refractivity contribution in [2.75, 3.05) is 19.6 Å². The molecular formula is C10H21N3O. The van der Waals surface area contributed by atoms with Crippen LogP contribution in [0.1, 0.15) is 26.7 Å². The fourth-order valence-corrected chi connectivity index (χ4v) is 1.86. The van der Waals surface area contributed by atoms with E-state index in [9.17, 15) is 4.79 Å². The Labute approximate surface area is 85.8 Å². The van der Waals surface area contributed by atoms with Gasteiger partial charge < -0.3 is 4.90 Å². The number of nitrogens with two attached hydrogens (primary N) is 1. The van der Waals surface area contributed by atoms with Crippen molar-refractivity contribution in [1.29, 1.82) is 0 Å². The Balaban J connectivity index is 2.27. The molecule has 1 amide bonds. The second-order valence-electron chi connectivity index (χ2n) is 4.39. The van der Waals surface area contributed by atoms with E-state index in [1.165, 1.54) is 12.8 Å². The van der Waals surface area contributed by atoms with Crippen molar-refractivity contribution >= 4 is 5.91 Å². The van der Waals surface area contributed by atoms with Crippen molar-refractivity contribution in [3.8, 4) is 0 Å². The number of hydrogen-bond donors (Lipinski definition) is 2. The molecule has 0 aromatic rings. The summed E-state index contributed by atoms with van der Waals surface area (Å²) in [6.45, 7) is 7.26. The summed E-state index contributed by atoms with van der Waals surface area (Å²) in [5, 5.41) is 0. The standard InChI is InChI=1S/C10H21N3O/c1-8-3-5-13(6-4-8)7-9(2)10(14)12-11/h8-9H,3-7,11H2,1-2H3,(H,12,14)/t9-/m0/s1. The number of likely N-dealkylation sites (tertiary alicyclic amines) is 1. The summed E-state index contributed by atoms with van der Waals surface area (Å²) >= 11 is 0. The molecule has 3 N–H and O–H groups in total. The molecule has 1 aliphatic heterocycles. The van der Waals surface area contributed by atoms with Crippen molar-refractivity contribution in [2.45, 2.75) is 26.7 Å². The first kappa shape index (κ1) is 11.5. The van der Waals surface area contributed by atoms with E-state index in [0.29, 0.717) is 0 Å². The summed E-state index contributed by atoms with van der Waals surface area (Å²) in [6, 6.07) is 0. The minimum absolute atomic E-state index is 0.00611. The molecule has 14 heavy (non-hydrogen) atoms. The predicted octanol–water partition coefficient (Wildman–Crippen LogP) is 0.344. The SMILES string of the molecule is CC1CCN(C[C@H](C)C(=O)NN)CC1. The van der Waals surface area contributed by atoms with Crippen LogP contribution in [0.15, 0.2) is 0 Å². The van der Waals surface area contributed by atoms with E-state index < -0.39 is 0 Å². The van der Waals surface area contributed by atoms with Crippen LogP contribution >= 0.6 is 0 Å². The quantitative estimate of drug-likeness (QED) is 0.391. The Hall–Kier alpha value is -0.610. The topological polar surface area (TPSA) is 58.4 Å². The largest absolute Gasteiger partial charge is 0.303 e. The van der Waals surface area contributed by atoms with Gasteiger partial charge in [-0.25, -0.2) is 5.84 Å². The molecule has 0 unspecified atom stereocenters. The second kappa shape index (κ2) is 5.32. The number of nitrogens with zero attached hydrogens (tertiary/aromatic N) is 1. The van der Waals surface area contributed by atoms with Gasteiger partial charge in [0.05, 0.1) is 0 Å². The minimum Gasteiger partial charge on any atom is -0.303 e. The van der Waals surface area contributed by atoms with Crippen LogP contribution in [0.2, 0.25) is 0 Å². The highest BCUT2D eigenvalue weighted by Crippen LogP contribution is 2.16. The Kier molecular flexibility index (Phi) is 4.35. The van der Waals surface area contributed by atoms with Crippen LogP contribution < -0.4 is 11.3 Å². The monoisotopic (exact) mass is 199 g/mol. The molecule has 1 saturated heterocycles. The highest BCUT2D eigenvalue weighted by atomic mass is 16.2. The lowest BCUT2D eigenvalue weighted by molar-refractivity contribution is -0.125. The molecule has 4 nitrogen and oxygen atoms in total. The van der Waals surface area contributed by atoms with E-state index in [4.69, 9.17) is 5.84 Å². The third kappa shape index (κ3) is 3.27. The molecule has 0 aromatic carbocycles. The van der Waals surface area contributed by atoms with E-state index in [0.717, 1.165) is 25.6 Å². The first-order valence-corrected chi connectivity index (χ1v) is 5.36. The van der Waals surface area contributed by atoms with E-state index in [1.807, 2.05) is 6.92 Å². The Morgan fingerprint density at radius 2 is 2.14 bits per heavy atom. The van der Waals surface area contributed by atoms with Crippen LogP contribution in [0.5, 0.6) is 0 Å². The van der Waals surface area contributed by atoms with Gasteiger partial charge in [-0.05, 0) is 31.8 Å². The maximum Gasteiger partial charge on any atom is 0.237 e. The van der Waals surface area contributed by atoms with Crippen LogP contribution in [-0.2, 0) is 4.79 Å². The summed E-state index contributed by atoms with van der Waals surface area (Å²) in [5.41, 5.74) is 2.20. The Morgan fingerprint density at radius 1 is 1.57 bits per heavy atom. The molecule has 1 atom stereocenters. The lowest BCUT2D eigenvalue weighted by Gasteiger charge is -2.31. The lowest BCUT2D eigenvalue weighted by atomic mass is 9.98. The number of carbonyl (C=O) groups excluding carboxylic acids is 1. The van der Waals surface area contributed by atoms with Crippen LogP contribution in [0, 0.1) is 11.8 Å². The van der Waals surface area contributed by atoms with Gasteiger partial charge in [0.25, 0.3) is 0 Å². The third-order valence-corrected chi connectivity index (χ3v) is 3.00. The minimum atomic E-state index is -0.0661. The van der Waals surface area contributed by atoms with Crippen LogP contribution in [0.4, 0.5) is 0 Å². The number of piperidine rings is 1. The number of hydrogen-bond acceptors (Lipinski definition) is 3. The third-order valence-electron chi connectivity index (χ3n) is 3.00. The first-order valence-electron chi connectivity index (χ1n) is 5.36. The average Bonchev–Trinajstić information content (AvgIpc) is 2.20. The zero-order valence-corrected chi connectivity index (χ0v) is 9.12. The zero-order chi connectivity index (χ0) is 10.6. The number of nitrogens with one attached hydrogen (secondary N) is 1. The summed E-state index contributed by atoms with van der Waals surface area (Å²) in [7, 11) is 0. The summed E-state index contributed by atoms with van der Waals surface area (Å²) in [4.78, 5) is 13.5. The molecule has 0 bridgehead atoms. The maximum atomic E-state index is 11.2. The second-order valence-corrected chi connectivity index (χ2v) is 4.39. The zero-order valence-electron chi connectivity index (χ0n) is 9.12. The molecular weight excluding hydrogens is 178 g/mol. The van der Waals surface area contributed by atoms with Gasteiger partial charge in [-0.3, -0.25) is 10.2 Å². The fourth-order valence-electron chi connectivity index (χ4n) is 1.86. The first-order chi connectivity index (χ1) is 6.63. The molecule has 0 radical (unpaired) electrons. The van der Waals surface area contributed by atoms with E-state index >= 15 is 0 Å². The molecule has 82 valence electrons. The van der Waals surface area contributed by atoms with Gasteiger partial charge in [0, 0.05) is 12.5 Å². The van der Waals surface area contributed by atoms with Gasteiger partial charge in [0.2, 0.25) is 5.91 Å². The van der Waals surface area contributed by atoms with Gasteiger partial charge in [-0.15, -0.1) is 0 Å². The molecule has 1 aliphatic rings. The highest BCUT2D eigenvalue weighted by Gasteiger charge is 2.20. The van der Waals surface area contributed by atoms with Gasteiger partial charge in [-0.2, -0.15) is 0 Å². The normalized spacial score (nSPS) is 21.9. The molecule has 4 heteroatoms. The molecule has 1 rings (SSSR count).